The summed E-state index contributed by atoms with van der Waals surface area (Å²) in [5, 5.41) is 3.73. The Hall–Kier alpha value is -2.92. The van der Waals surface area contributed by atoms with Crippen LogP contribution >= 0.6 is 11.6 Å². The molecule has 0 aliphatic heterocycles. The van der Waals surface area contributed by atoms with Gasteiger partial charge < -0.3 is 10.1 Å². The van der Waals surface area contributed by atoms with E-state index in [0.717, 1.165) is 23.3 Å². The highest BCUT2D eigenvalue weighted by molar-refractivity contribution is 6.30. The minimum atomic E-state index is -1.37. The van der Waals surface area contributed by atoms with Gasteiger partial charge in [0.05, 0.1) is 0 Å². The molecule has 0 radical (unpaired) electrons. The second-order valence-electron chi connectivity index (χ2n) is 10.0. The highest BCUT2D eigenvalue weighted by Crippen LogP contribution is 2.41. The number of nitrogens with one attached hydrogen (secondary N) is 1. The summed E-state index contributed by atoms with van der Waals surface area (Å²) in [4.78, 5) is 13.3. The Morgan fingerprint density at radius 1 is 0.943 bits per heavy atom. The zero-order chi connectivity index (χ0) is 26.0. The molecule has 0 aromatic heterocycles. The van der Waals surface area contributed by atoms with Gasteiger partial charge in [-0.05, 0) is 56.4 Å². The molecule has 0 bridgehead atoms. The monoisotopic (exact) mass is 499 g/mol. The van der Waals surface area contributed by atoms with Crippen molar-refractivity contribution in [1.82, 2.24) is 5.32 Å². The Balaban J connectivity index is 1.89. The molecule has 6 heteroatoms. The van der Waals surface area contributed by atoms with Crippen molar-refractivity contribution in [3.63, 3.8) is 0 Å². The normalized spacial score (nSPS) is 13.7. The first-order valence-corrected chi connectivity index (χ1v) is 12.0. The Morgan fingerprint density at radius 3 is 2.11 bits per heavy atom. The van der Waals surface area contributed by atoms with E-state index in [1.807, 2.05) is 61.5 Å². The standard InChI is InChI=1S/C29H32ClF2NO2/c1-18-24(31)16-23(17-25(18)32)35-29(5,6)27(34)33-19(2)26(20-11-8-7-9-12-20)28(3,4)21-13-10-14-22(30)15-21/h7-17,19,26H,1-6H3,(H,33,34)/t19-,26-/m0/s1. The molecule has 1 N–H and O–H groups in total. The Morgan fingerprint density at radius 2 is 1.54 bits per heavy atom. The van der Waals surface area contributed by atoms with Crippen molar-refractivity contribution in [2.24, 2.45) is 0 Å². The average molecular weight is 500 g/mol. The largest absolute Gasteiger partial charge is 0.478 e. The molecular formula is C29H32ClF2NO2. The minimum Gasteiger partial charge on any atom is -0.478 e. The minimum absolute atomic E-state index is 0.0442. The maximum absolute atomic E-state index is 14.0. The maximum atomic E-state index is 14.0. The molecule has 2 atom stereocenters. The summed E-state index contributed by atoms with van der Waals surface area (Å²) in [6.45, 7) is 10.7. The number of carbonyl (C=O) groups excluding carboxylic acids is 1. The lowest BCUT2D eigenvalue weighted by Gasteiger charge is -2.40. The van der Waals surface area contributed by atoms with Crippen molar-refractivity contribution in [2.45, 2.75) is 64.5 Å². The molecule has 3 aromatic carbocycles. The smallest absolute Gasteiger partial charge is 0.263 e. The van der Waals surface area contributed by atoms with Gasteiger partial charge in [-0.3, -0.25) is 4.79 Å². The van der Waals surface area contributed by atoms with Crippen LogP contribution in [-0.2, 0) is 10.2 Å². The molecular weight excluding hydrogens is 468 g/mol. The van der Waals surface area contributed by atoms with E-state index in [4.69, 9.17) is 16.3 Å². The van der Waals surface area contributed by atoms with Gasteiger partial charge in [0.2, 0.25) is 0 Å². The highest BCUT2D eigenvalue weighted by atomic mass is 35.5. The van der Waals surface area contributed by atoms with Gasteiger partial charge in [0, 0.05) is 34.7 Å². The summed E-state index contributed by atoms with van der Waals surface area (Å²) < 4.78 is 33.8. The van der Waals surface area contributed by atoms with Gasteiger partial charge in [-0.25, -0.2) is 8.78 Å². The van der Waals surface area contributed by atoms with Crippen molar-refractivity contribution in [3.8, 4) is 5.75 Å². The Labute approximate surface area is 211 Å². The lowest BCUT2D eigenvalue weighted by atomic mass is 9.67. The van der Waals surface area contributed by atoms with Gasteiger partial charge >= 0.3 is 0 Å². The number of rotatable bonds is 8. The molecule has 186 valence electrons. The molecule has 3 aromatic rings. The van der Waals surface area contributed by atoms with Crippen LogP contribution in [0.15, 0.2) is 66.7 Å². The van der Waals surface area contributed by atoms with Gasteiger partial charge in [-0.1, -0.05) is 67.9 Å². The number of carbonyl (C=O) groups is 1. The lowest BCUT2D eigenvalue weighted by Crippen LogP contribution is -2.52. The predicted molar refractivity (Wildman–Crippen MR) is 137 cm³/mol. The summed E-state index contributed by atoms with van der Waals surface area (Å²) in [5.74, 6) is -2.00. The molecule has 0 heterocycles. The van der Waals surface area contributed by atoms with Crippen molar-refractivity contribution in [1.29, 1.82) is 0 Å². The molecule has 0 spiro atoms. The topological polar surface area (TPSA) is 38.3 Å². The molecule has 0 aliphatic rings. The van der Waals surface area contributed by atoms with Gasteiger partial charge in [-0.2, -0.15) is 0 Å². The molecule has 3 nitrogen and oxygen atoms in total. The second kappa shape index (κ2) is 10.4. The molecule has 0 saturated heterocycles. The quantitative estimate of drug-likeness (QED) is 0.352. The van der Waals surface area contributed by atoms with E-state index in [1.54, 1.807) is 13.8 Å². The fourth-order valence-corrected chi connectivity index (χ4v) is 4.74. The molecule has 3 rings (SSSR count). The van der Waals surface area contributed by atoms with Gasteiger partial charge in [0.25, 0.3) is 5.91 Å². The SMILES string of the molecule is Cc1c(F)cc(OC(C)(C)C(=O)N[C@@H](C)[C@@H](c2ccccc2)C(C)(C)c2cccc(Cl)c2)cc1F. The third-order valence-corrected chi connectivity index (χ3v) is 6.77. The molecule has 1 amide bonds. The van der Waals surface area contributed by atoms with Crippen LogP contribution in [0.25, 0.3) is 0 Å². The fraction of sp³-hybridized carbons (Fsp3) is 0.345. The van der Waals surface area contributed by atoms with Gasteiger partial charge in [0.1, 0.15) is 17.4 Å². The maximum Gasteiger partial charge on any atom is 0.263 e. The van der Waals surface area contributed by atoms with E-state index >= 15 is 0 Å². The van der Waals surface area contributed by atoms with Gasteiger partial charge in [0.15, 0.2) is 5.60 Å². The van der Waals surface area contributed by atoms with Crippen LogP contribution in [0.5, 0.6) is 5.75 Å². The zero-order valence-electron chi connectivity index (χ0n) is 21.0. The number of hydrogen-bond donors (Lipinski definition) is 1. The van der Waals surface area contributed by atoms with Crippen LogP contribution in [0.1, 0.15) is 57.2 Å². The van der Waals surface area contributed by atoms with E-state index in [-0.39, 0.29) is 23.3 Å². The number of benzene rings is 3. The summed E-state index contributed by atoms with van der Waals surface area (Å²) in [6.07, 6.45) is 0. The molecule has 0 unspecified atom stereocenters. The van der Waals surface area contributed by atoms with Crippen LogP contribution in [0.4, 0.5) is 8.78 Å². The summed E-state index contributed by atoms with van der Waals surface area (Å²) in [6, 6.07) is 19.6. The Bertz CT molecular complexity index is 1170. The van der Waals surface area contributed by atoms with Crippen molar-refractivity contribution in [3.05, 3.63) is 100 Å². The first-order valence-electron chi connectivity index (χ1n) is 11.6. The molecule has 0 saturated carbocycles. The third kappa shape index (κ3) is 6.02. The third-order valence-electron chi connectivity index (χ3n) is 6.54. The number of amides is 1. The lowest BCUT2D eigenvalue weighted by molar-refractivity contribution is -0.135. The number of ether oxygens (including phenoxy) is 1. The van der Waals surface area contributed by atoms with Crippen LogP contribution in [0.2, 0.25) is 5.02 Å². The predicted octanol–water partition coefficient (Wildman–Crippen LogP) is 7.35. The average Bonchev–Trinajstić information content (AvgIpc) is 2.77. The van der Waals surface area contributed by atoms with E-state index in [2.05, 4.69) is 19.2 Å². The van der Waals surface area contributed by atoms with E-state index in [0.29, 0.717) is 5.02 Å². The van der Waals surface area contributed by atoms with Gasteiger partial charge in [-0.15, -0.1) is 0 Å². The van der Waals surface area contributed by atoms with Crippen LogP contribution in [-0.4, -0.2) is 17.6 Å². The van der Waals surface area contributed by atoms with Crippen LogP contribution in [0, 0.1) is 18.6 Å². The number of halogens is 3. The van der Waals surface area contributed by atoms with Crippen molar-refractivity contribution < 1.29 is 18.3 Å². The first-order chi connectivity index (χ1) is 16.3. The summed E-state index contributed by atoms with van der Waals surface area (Å²) >= 11 is 6.29. The van der Waals surface area contributed by atoms with Crippen molar-refractivity contribution >= 4 is 17.5 Å². The summed E-state index contributed by atoms with van der Waals surface area (Å²) in [7, 11) is 0. The summed E-state index contributed by atoms with van der Waals surface area (Å²) in [5.41, 5.74) is 0.242. The second-order valence-corrected chi connectivity index (χ2v) is 10.4. The Kier molecular flexibility index (Phi) is 7.90. The van der Waals surface area contributed by atoms with Crippen molar-refractivity contribution in [2.75, 3.05) is 0 Å². The highest BCUT2D eigenvalue weighted by Gasteiger charge is 2.39. The molecule has 35 heavy (non-hydrogen) atoms. The zero-order valence-corrected chi connectivity index (χ0v) is 21.7. The number of hydrogen-bond acceptors (Lipinski definition) is 2. The van der Waals surface area contributed by atoms with E-state index < -0.39 is 28.6 Å². The van der Waals surface area contributed by atoms with Crippen LogP contribution < -0.4 is 10.1 Å². The van der Waals surface area contributed by atoms with E-state index in [9.17, 15) is 13.6 Å². The van der Waals surface area contributed by atoms with Crippen LogP contribution in [0.3, 0.4) is 0 Å². The van der Waals surface area contributed by atoms with E-state index in [1.165, 1.54) is 6.92 Å². The fourth-order valence-electron chi connectivity index (χ4n) is 4.55. The first kappa shape index (κ1) is 26.7. The molecule has 0 aliphatic carbocycles. The molecule has 0 fully saturated rings.